The van der Waals surface area contributed by atoms with Crippen LogP contribution in [0.5, 0.6) is 11.5 Å². The van der Waals surface area contributed by atoms with Crippen molar-refractivity contribution in [1.82, 2.24) is 0 Å². The van der Waals surface area contributed by atoms with Crippen molar-refractivity contribution in [2.75, 3.05) is 0 Å². The Labute approximate surface area is 110 Å². The Morgan fingerprint density at radius 2 is 1.42 bits per heavy atom. The minimum Gasteiger partial charge on any atom is -0.457 e. The summed E-state index contributed by atoms with van der Waals surface area (Å²) in [5, 5.41) is 0. The third kappa shape index (κ3) is 2.33. The Kier molecular flexibility index (Phi) is 2.78. The first kappa shape index (κ1) is 12.2. The molecule has 1 aliphatic heterocycles. The molecule has 0 spiro atoms. The number of benzene rings is 2. The van der Waals surface area contributed by atoms with Gasteiger partial charge in [-0.3, -0.25) is 4.55 Å². The largest absolute Gasteiger partial charge is 0.457 e. The van der Waals surface area contributed by atoms with Gasteiger partial charge in [-0.2, -0.15) is 8.42 Å². The summed E-state index contributed by atoms with van der Waals surface area (Å²) in [7, 11) is -4.56. The van der Waals surface area contributed by atoms with E-state index < -0.39 is 16.5 Å². The van der Waals surface area contributed by atoms with E-state index in [1.165, 1.54) is 0 Å². The molecule has 0 aliphatic carbocycles. The summed E-state index contributed by atoms with van der Waals surface area (Å²) in [5.74, 6) is 1.02. The zero-order valence-electron chi connectivity index (χ0n) is 9.68. The molecule has 1 heterocycles. The van der Waals surface area contributed by atoms with E-state index in [1.54, 1.807) is 48.5 Å². The van der Waals surface area contributed by atoms with E-state index in [1.807, 2.05) is 0 Å². The summed E-state index contributed by atoms with van der Waals surface area (Å²) >= 11 is 0. The van der Waals surface area contributed by atoms with Crippen molar-refractivity contribution in [2.45, 2.75) is 6.10 Å². The van der Waals surface area contributed by atoms with Crippen LogP contribution in [0, 0.1) is 0 Å². The quantitative estimate of drug-likeness (QED) is 0.855. The van der Waals surface area contributed by atoms with Gasteiger partial charge in [0, 0.05) is 11.1 Å². The highest BCUT2D eigenvalue weighted by atomic mass is 32.3. The maximum absolute atomic E-state index is 11.0. The molecular formula is C13H10O5S. The van der Waals surface area contributed by atoms with Crippen LogP contribution >= 0.6 is 0 Å². The van der Waals surface area contributed by atoms with Gasteiger partial charge in [0.15, 0.2) is 0 Å². The van der Waals surface area contributed by atoms with Crippen molar-refractivity contribution in [1.29, 1.82) is 0 Å². The number of fused-ring (bicyclic) bond motifs is 2. The molecule has 0 amide bonds. The van der Waals surface area contributed by atoms with Crippen molar-refractivity contribution in [3.05, 3.63) is 59.7 Å². The normalized spacial score (nSPS) is 14.4. The lowest BCUT2D eigenvalue weighted by molar-refractivity contribution is 0.203. The van der Waals surface area contributed by atoms with E-state index >= 15 is 0 Å². The summed E-state index contributed by atoms with van der Waals surface area (Å²) < 4.78 is 41.4. The minimum absolute atomic E-state index is 0.509. The molecule has 0 radical (unpaired) electrons. The molecule has 3 rings (SSSR count). The SMILES string of the molecule is O=S(=O)(O)OC1c2ccccc2Oc2ccccc21. The Hall–Kier alpha value is -1.89. The summed E-state index contributed by atoms with van der Waals surface area (Å²) in [6, 6.07) is 13.9. The molecule has 0 atom stereocenters. The monoisotopic (exact) mass is 278 g/mol. The second-order valence-corrected chi connectivity index (χ2v) is 5.13. The van der Waals surface area contributed by atoms with Crippen molar-refractivity contribution in [3.8, 4) is 11.5 Å². The lowest BCUT2D eigenvalue weighted by Crippen LogP contribution is -2.16. The van der Waals surface area contributed by atoms with Gasteiger partial charge in [-0.05, 0) is 12.1 Å². The predicted octanol–water partition coefficient (Wildman–Crippen LogP) is 2.70. The molecular weight excluding hydrogens is 268 g/mol. The van der Waals surface area contributed by atoms with E-state index in [2.05, 4.69) is 0 Å². The fraction of sp³-hybridized carbons (Fsp3) is 0.0769. The Balaban J connectivity index is 2.16. The standard InChI is InChI=1S/C13H10O5S/c14-19(15,16)18-13-9-5-1-3-7-11(9)17-12-8-4-2-6-10(12)13/h1-8,13H,(H,14,15,16). The molecule has 5 nitrogen and oxygen atoms in total. The van der Waals surface area contributed by atoms with Crippen LogP contribution in [-0.2, 0) is 14.6 Å². The number of rotatable bonds is 2. The second-order valence-electron chi connectivity index (χ2n) is 4.08. The van der Waals surface area contributed by atoms with E-state index in [-0.39, 0.29) is 0 Å². The van der Waals surface area contributed by atoms with E-state index in [0.717, 1.165) is 0 Å². The van der Waals surface area contributed by atoms with Crippen molar-refractivity contribution in [3.63, 3.8) is 0 Å². The van der Waals surface area contributed by atoms with Gasteiger partial charge in [0.2, 0.25) is 0 Å². The molecule has 1 aliphatic rings. The number of ether oxygens (including phenoxy) is 1. The van der Waals surface area contributed by atoms with Gasteiger partial charge in [-0.15, -0.1) is 0 Å². The van der Waals surface area contributed by atoms with Gasteiger partial charge in [-0.1, -0.05) is 36.4 Å². The first-order valence-electron chi connectivity index (χ1n) is 5.56. The first-order chi connectivity index (χ1) is 9.04. The Morgan fingerprint density at radius 1 is 0.947 bits per heavy atom. The third-order valence-corrected chi connectivity index (χ3v) is 3.28. The van der Waals surface area contributed by atoms with Gasteiger partial charge in [0.25, 0.3) is 0 Å². The van der Waals surface area contributed by atoms with Crippen LogP contribution in [-0.4, -0.2) is 13.0 Å². The Morgan fingerprint density at radius 3 is 1.89 bits per heavy atom. The van der Waals surface area contributed by atoms with Crippen LogP contribution in [0.3, 0.4) is 0 Å². The highest BCUT2D eigenvalue weighted by molar-refractivity contribution is 7.80. The van der Waals surface area contributed by atoms with Crippen LogP contribution in [0.25, 0.3) is 0 Å². The molecule has 98 valence electrons. The average molecular weight is 278 g/mol. The maximum atomic E-state index is 11.0. The van der Waals surface area contributed by atoms with Crippen LogP contribution in [0.1, 0.15) is 17.2 Å². The number of hydrogen-bond acceptors (Lipinski definition) is 4. The fourth-order valence-electron chi connectivity index (χ4n) is 2.09. The fourth-order valence-corrected chi connectivity index (χ4v) is 2.54. The zero-order valence-corrected chi connectivity index (χ0v) is 10.5. The summed E-state index contributed by atoms with van der Waals surface area (Å²) in [6.07, 6.45) is -0.906. The summed E-state index contributed by atoms with van der Waals surface area (Å²) in [6.45, 7) is 0. The Bertz CT molecular complexity index is 678. The zero-order chi connectivity index (χ0) is 13.5. The van der Waals surface area contributed by atoms with Gasteiger partial charge in [0.05, 0.1) is 0 Å². The van der Waals surface area contributed by atoms with E-state index in [0.29, 0.717) is 22.6 Å². The molecule has 0 fully saturated rings. The van der Waals surface area contributed by atoms with E-state index in [4.69, 9.17) is 13.5 Å². The number of para-hydroxylation sites is 2. The summed E-state index contributed by atoms with van der Waals surface area (Å²) in [5.41, 5.74) is 1.11. The maximum Gasteiger partial charge on any atom is 0.398 e. The van der Waals surface area contributed by atoms with Gasteiger partial charge in [0.1, 0.15) is 17.6 Å². The smallest absolute Gasteiger partial charge is 0.398 e. The second kappa shape index (κ2) is 4.34. The van der Waals surface area contributed by atoms with Gasteiger partial charge in [-0.25, -0.2) is 4.18 Å². The van der Waals surface area contributed by atoms with Crippen LogP contribution < -0.4 is 4.74 Å². The topological polar surface area (TPSA) is 72.8 Å². The molecule has 2 aromatic rings. The van der Waals surface area contributed by atoms with Crippen molar-refractivity contribution in [2.24, 2.45) is 0 Å². The molecule has 2 aromatic carbocycles. The van der Waals surface area contributed by atoms with Crippen molar-refractivity contribution >= 4 is 10.4 Å². The molecule has 0 aromatic heterocycles. The first-order valence-corrected chi connectivity index (χ1v) is 6.92. The predicted molar refractivity (Wildman–Crippen MR) is 67.4 cm³/mol. The molecule has 0 unspecified atom stereocenters. The van der Waals surface area contributed by atoms with E-state index in [9.17, 15) is 8.42 Å². The molecule has 19 heavy (non-hydrogen) atoms. The lowest BCUT2D eigenvalue weighted by Gasteiger charge is -2.26. The number of hydrogen-bond donors (Lipinski definition) is 1. The minimum atomic E-state index is -4.56. The average Bonchev–Trinajstić information content (AvgIpc) is 2.37. The molecule has 0 bridgehead atoms. The lowest BCUT2D eigenvalue weighted by atomic mass is 9.97. The molecule has 1 N–H and O–H groups in total. The van der Waals surface area contributed by atoms with Crippen LogP contribution in [0.15, 0.2) is 48.5 Å². The van der Waals surface area contributed by atoms with Gasteiger partial charge >= 0.3 is 10.4 Å². The van der Waals surface area contributed by atoms with Crippen molar-refractivity contribution < 1.29 is 21.9 Å². The van der Waals surface area contributed by atoms with Crippen LogP contribution in [0.4, 0.5) is 0 Å². The summed E-state index contributed by atoms with van der Waals surface area (Å²) in [4.78, 5) is 0. The highest BCUT2D eigenvalue weighted by Crippen LogP contribution is 2.44. The molecule has 6 heteroatoms. The third-order valence-electron chi connectivity index (χ3n) is 2.84. The van der Waals surface area contributed by atoms with Gasteiger partial charge < -0.3 is 4.74 Å². The molecule has 0 saturated heterocycles. The molecule has 0 saturated carbocycles. The van der Waals surface area contributed by atoms with Crippen LogP contribution in [0.2, 0.25) is 0 Å². The highest BCUT2D eigenvalue weighted by Gasteiger charge is 2.30.